The minimum Gasteiger partial charge on any atom is -0.436 e. The second-order valence-electron chi connectivity index (χ2n) is 7.85. The van der Waals surface area contributed by atoms with Gasteiger partial charge in [-0.1, -0.05) is 32.0 Å². The smallest absolute Gasteiger partial charge is 0.273 e. The molecule has 4 aromatic rings. The summed E-state index contributed by atoms with van der Waals surface area (Å²) >= 11 is 0. The molecule has 7 heteroatoms. The fraction of sp³-hybridized carbons (Fsp3) is 0.200. The highest BCUT2D eigenvalue weighted by atomic mass is 16.6. The zero-order valence-electron chi connectivity index (χ0n) is 18.1. The first kappa shape index (κ1) is 21.2. The number of carbonyl (C=O) groups is 1. The molecular weight excluding hydrogens is 406 g/mol. The van der Waals surface area contributed by atoms with Crippen molar-refractivity contribution in [2.45, 2.75) is 33.1 Å². The lowest BCUT2D eigenvalue weighted by Crippen LogP contribution is -2.12. The highest BCUT2D eigenvalue weighted by molar-refractivity contribution is 6.05. The maximum absolute atomic E-state index is 12.6. The number of hydrogen-bond donors (Lipinski definition) is 1. The van der Waals surface area contributed by atoms with Crippen LogP contribution in [0.3, 0.4) is 0 Å². The number of carbonyl (C=O) groups excluding carboxylic acids is 1. The van der Waals surface area contributed by atoms with Gasteiger partial charge in [0.1, 0.15) is 5.52 Å². The standard InChI is InChI=1S/C25H23N3O4/c1-4-15(2)17-10-11-23-21(13-17)27-25(32-23)19-6-5-7-20(12-19)26-24(29)18-9-8-16(3)22(14-18)28(30)31/h5-15H,4H2,1-3H3,(H,26,29). The average Bonchev–Trinajstić information content (AvgIpc) is 3.22. The first-order chi connectivity index (χ1) is 15.4. The highest BCUT2D eigenvalue weighted by Gasteiger charge is 2.16. The lowest BCUT2D eigenvalue weighted by molar-refractivity contribution is -0.385. The number of nitro groups is 1. The van der Waals surface area contributed by atoms with Crippen LogP contribution in [0.2, 0.25) is 0 Å². The van der Waals surface area contributed by atoms with Gasteiger partial charge < -0.3 is 9.73 Å². The van der Waals surface area contributed by atoms with E-state index in [1.165, 1.54) is 11.6 Å². The van der Waals surface area contributed by atoms with E-state index in [0.717, 1.165) is 17.5 Å². The van der Waals surface area contributed by atoms with Gasteiger partial charge in [0.2, 0.25) is 5.89 Å². The molecule has 4 rings (SSSR count). The van der Waals surface area contributed by atoms with Gasteiger partial charge in [0.25, 0.3) is 11.6 Å². The summed E-state index contributed by atoms with van der Waals surface area (Å²) in [6, 6.07) is 17.6. The summed E-state index contributed by atoms with van der Waals surface area (Å²) in [6.45, 7) is 5.96. The first-order valence-electron chi connectivity index (χ1n) is 10.4. The third kappa shape index (κ3) is 4.23. The lowest BCUT2D eigenvalue weighted by atomic mass is 9.98. The number of nitro benzene ring substituents is 1. The van der Waals surface area contributed by atoms with Gasteiger partial charge in [-0.25, -0.2) is 4.98 Å². The van der Waals surface area contributed by atoms with Crippen molar-refractivity contribution >= 4 is 28.4 Å². The number of aryl methyl sites for hydroxylation is 1. The van der Waals surface area contributed by atoms with Crippen molar-refractivity contribution < 1.29 is 14.1 Å². The van der Waals surface area contributed by atoms with Crippen molar-refractivity contribution in [3.8, 4) is 11.5 Å². The Morgan fingerprint density at radius 3 is 2.72 bits per heavy atom. The van der Waals surface area contributed by atoms with E-state index in [-0.39, 0.29) is 11.3 Å². The Morgan fingerprint density at radius 1 is 1.16 bits per heavy atom. The number of hydrogen-bond acceptors (Lipinski definition) is 5. The van der Waals surface area contributed by atoms with Crippen molar-refractivity contribution in [2.24, 2.45) is 0 Å². The van der Waals surface area contributed by atoms with E-state index >= 15 is 0 Å². The zero-order chi connectivity index (χ0) is 22.8. The van der Waals surface area contributed by atoms with Crippen LogP contribution in [0.5, 0.6) is 0 Å². The van der Waals surface area contributed by atoms with E-state index in [4.69, 9.17) is 4.42 Å². The molecule has 0 bridgehead atoms. The molecular formula is C25H23N3O4. The van der Waals surface area contributed by atoms with E-state index in [2.05, 4.69) is 30.2 Å². The van der Waals surface area contributed by atoms with Crippen LogP contribution < -0.4 is 5.32 Å². The third-order valence-corrected chi connectivity index (χ3v) is 5.63. The molecule has 1 aromatic heterocycles. The first-order valence-corrected chi connectivity index (χ1v) is 10.4. The lowest BCUT2D eigenvalue weighted by Gasteiger charge is -2.07. The van der Waals surface area contributed by atoms with E-state index in [0.29, 0.717) is 28.6 Å². The molecule has 0 saturated heterocycles. The summed E-state index contributed by atoms with van der Waals surface area (Å²) in [4.78, 5) is 27.9. The fourth-order valence-corrected chi connectivity index (χ4v) is 3.49. The van der Waals surface area contributed by atoms with Crippen LogP contribution in [-0.2, 0) is 0 Å². The van der Waals surface area contributed by atoms with Crippen LogP contribution in [0.15, 0.2) is 65.1 Å². The normalized spacial score (nSPS) is 12.0. The number of fused-ring (bicyclic) bond motifs is 1. The molecule has 0 spiro atoms. The molecule has 32 heavy (non-hydrogen) atoms. The topological polar surface area (TPSA) is 98.3 Å². The molecule has 0 aliphatic carbocycles. The summed E-state index contributed by atoms with van der Waals surface area (Å²) in [5.41, 5.74) is 4.60. The summed E-state index contributed by atoms with van der Waals surface area (Å²) in [5.74, 6) is 0.472. The van der Waals surface area contributed by atoms with E-state index in [1.807, 2.05) is 18.2 Å². The van der Waals surface area contributed by atoms with Gasteiger partial charge in [-0.2, -0.15) is 0 Å². The number of aromatic nitrogens is 1. The summed E-state index contributed by atoms with van der Waals surface area (Å²) in [7, 11) is 0. The molecule has 1 unspecified atom stereocenters. The minimum absolute atomic E-state index is 0.0883. The van der Waals surface area contributed by atoms with Gasteiger partial charge in [-0.15, -0.1) is 0 Å². The van der Waals surface area contributed by atoms with Gasteiger partial charge in [-0.05, 0) is 61.2 Å². The number of benzene rings is 3. The van der Waals surface area contributed by atoms with Crippen molar-refractivity contribution in [3.05, 3.63) is 87.5 Å². The molecule has 0 radical (unpaired) electrons. The maximum atomic E-state index is 12.6. The number of amides is 1. The molecule has 3 aromatic carbocycles. The minimum atomic E-state index is -0.493. The fourth-order valence-electron chi connectivity index (χ4n) is 3.49. The van der Waals surface area contributed by atoms with Crippen molar-refractivity contribution in [3.63, 3.8) is 0 Å². The van der Waals surface area contributed by atoms with Gasteiger partial charge >= 0.3 is 0 Å². The van der Waals surface area contributed by atoms with Crippen LogP contribution in [0.4, 0.5) is 11.4 Å². The van der Waals surface area contributed by atoms with Crippen LogP contribution in [-0.4, -0.2) is 15.8 Å². The van der Waals surface area contributed by atoms with E-state index < -0.39 is 10.8 Å². The molecule has 0 fully saturated rings. The molecule has 0 saturated carbocycles. The Kier molecular flexibility index (Phi) is 5.73. The molecule has 1 heterocycles. The Morgan fingerprint density at radius 2 is 1.97 bits per heavy atom. The SMILES string of the molecule is CCC(C)c1ccc2oc(-c3cccc(NC(=O)c4ccc(C)c([N+](=O)[O-])c4)c3)nc2c1. The van der Waals surface area contributed by atoms with Crippen molar-refractivity contribution in [2.75, 3.05) is 5.32 Å². The number of nitrogens with one attached hydrogen (secondary N) is 1. The Balaban J connectivity index is 1.59. The van der Waals surface area contributed by atoms with E-state index in [1.54, 1.807) is 37.3 Å². The number of anilines is 1. The maximum Gasteiger partial charge on any atom is 0.273 e. The zero-order valence-corrected chi connectivity index (χ0v) is 18.1. The summed E-state index contributed by atoms with van der Waals surface area (Å²) < 4.78 is 5.92. The Labute approximate surface area is 185 Å². The number of oxazole rings is 1. The Hall–Kier alpha value is -4.00. The quantitative estimate of drug-likeness (QED) is 0.279. The van der Waals surface area contributed by atoms with Crippen LogP contribution >= 0.6 is 0 Å². The largest absolute Gasteiger partial charge is 0.436 e. The molecule has 0 aliphatic rings. The molecule has 0 aliphatic heterocycles. The van der Waals surface area contributed by atoms with Crippen molar-refractivity contribution in [1.29, 1.82) is 0 Å². The highest BCUT2D eigenvalue weighted by Crippen LogP contribution is 2.29. The third-order valence-electron chi connectivity index (χ3n) is 5.63. The van der Waals surface area contributed by atoms with Gasteiger partial charge in [-0.3, -0.25) is 14.9 Å². The molecule has 7 nitrogen and oxygen atoms in total. The number of nitrogens with zero attached hydrogens (tertiary/aromatic N) is 2. The monoisotopic (exact) mass is 429 g/mol. The van der Waals surface area contributed by atoms with E-state index in [9.17, 15) is 14.9 Å². The van der Waals surface area contributed by atoms with Crippen LogP contribution in [0.25, 0.3) is 22.6 Å². The summed E-state index contributed by atoms with van der Waals surface area (Å²) in [6.07, 6.45) is 1.04. The van der Waals surface area contributed by atoms with Gasteiger partial charge in [0, 0.05) is 28.4 Å². The average molecular weight is 429 g/mol. The molecule has 1 amide bonds. The Bertz CT molecular complexity index is 1330. The van der Waals surface area contributed by atoms with Crippen molar-refractivity contribution in [1.82, 2.24) is 4.98 Å². The molecule has 1 N–H and O–H groups in total. The second kappa shape index (κ2) is 8.63. The van der Waals surface area contributed by atoms with Crippen LogP contribution in [0, 0.1) is 17.0 Å². The van der Waals surface area contributed by atoms with Crippen LogP contribution in [0.1, 0.15) is 47.7 Å². The molecule has 162 valence electrons. The predicted molar refractivity (Wildman–Crippen MR) is 124 cm³/mol. The predicted octanol–water partition coefficient (Wildman–Crippen LogP) is 6.48. The number of rotatable bonds is 6. The second-order valence-corrected chi connectivity index (χ2v) is 7.85. The molecule has 1 atom stereocenters. The summed E-state index contributed by atoms with van der Waals surface area (Å²) in [5, 5.41) is 14.0. The van der Waals surface area contributed by atoms with Gasteiger partial charge in [0.15, 0.2) is 5.58 Å². The van der Waals surface area contributed by atoms with Gasteiger partial charge in [0.05, 0.1) is 4.92 Å².